The van der Waals surface area contributed by atoms with Gasteiger partial charge in [-0.2, -0.15) is 18.3 Å². The lowest BCUT2D eigenvalue weighted by Crippen LogP contribution is -2.38. The van der Waals surface area contributed by atoms with Crippen LogP contribution in [0.3, 0.4) is 0 Å². The fourth-order valence-corrected chi connectivity index (χ4v) is 5.37. The molecule has 1 fully saturated rings. The summed E-state index contributed by atoms with van der Waals surface area (Å²) in [5.74, 6) is -0.352. The molecule has 1 aliphatic rings. The Balaban J connectivity index is 1.27. The number of carbonyl (C=O) groups excluding carboxylic acids is 1. The Morgan fingerprint density at radius 3 is 2.38 bits per heavy atom. The van der Waals surface area contributed by atoms with Crippen LogP contribution in [0.5, 0.6) is 0 Å². The fraction of sp³-hybridized carbons (Fsp3) is 0.444. The van der Waals surface area contributed by atoms with E-state index in [9.17, 15) is 26.4 Å². The van der Waals surface area contributed by atoms with Crippen LogP contribution in [0.4, 0.5) is 18.9 Å². The van der Waals surface area contributed by atoms with E-state index in [1.165, 1.54) is 0 Å². The monoisotopic (exact) mass is 578 g/mol. The predicted octanol–water partition coefficient (Wildman–Crippen LogP) is 4.08. The maximum Gasteiger partial charge on any atom is 0.397 e. The van der Waals surface area contributed by atoms with Gasteiger partial charge in [0.1, 0.15) is 12.7 Å². The van der Waals surface area contributed by atoms with Crippen molar-refractivity contribution >= 4 is 21.6 Å². The molecule has 2 N–H and O–H groups in total. The number of nitrogens with zero attached hydrogens (tertiary/aromatic N) is 4. The lowest BCUT2D eigenvalue weighted by atomic mass is 10.0. The van der Waals surface area contributed by atoms with Gasteiger partial charge in [0.25, 0.3) is 0 Å². The molecule has 1 aromatic heterocycles. The zero-order chi connectivity index (χ0) is 28.8. The number of nitrogens with one attached hydrogen (secondary N) is 2. The largest absolute Gasteiger partial charge is 0.397 e. The topological polar surface area (TPSA) is 109 Å². The lowest BCUT2D eigenvalue weighted by molar-refractivity contribution is -0.154. The number of aromatic nitrogens is 3. The van der Waals surface area contributed by atoms with Crippen LogP contribution < -0.4 is 10.0 Å². The molecule has 1 aliphatic heterocycles. The second kappa shape index (κ2) is 12.8. The van der Waals surface area contributed by atoms with Gasteiger partial charge in [-0.1, -0.05) is 42.5 Å². The Kier molecular flexibility index (Phi) is 9.46. The predicted molar refractivity (Wildman–Crippen MR) is 145 cm³/mol. The molecule has 0 spiro atoms. The minimum Gasteiger partial charge on any atom is -0.349 e. The number of piperidine rings is 1. The summed E-state index contributed by atoms with van der Waals surface area (Å²) in [5, 5.41) is 7.21. The summed E-state index contributed by atoms with van der Waals surface area (Å²) in [7, 11) is -3.33. The Labute approximate surface area is 231 Å². The SMILES string of the molecule is CS(=O)(=O)Nc1ccc(Cc2ncn(C3CCN(CC[C@H](NC(=O)CC(F)(F)F)c4ccccc4)CC3)n2)cc1. The Bertz CT molecular complexity index is 1360. The minimum absolute atomic E-state index is 0.190. The average molecular weight is 579 g/mol. The number of amides is 1. The quantitative estimate of drug-likeness (QED) is 0.355. The van der Waals surface area contributed by atoms with E-state index in [1.54, 1.807) is 30.6 Å². The lowest BCUT2D eigenvalue weighted by Gasteiger charge is -2.33. The molecule has 13 heteroatoms. The molecule has 2 aromatic carbocycles. The molecular weight excluding hydrogens is 545 g/mol. The van der Waals surface area contributed by atoms with Gasteiger partial charge in [0.15, 0.2) is 5.82 Å². The average Bonchev–Trinajstić information content (AvgIpc) is 3.35. The Morgan fingerprint density at radius 1 is 1.07 bits per heavy atom. The number of alkyl halides is 3. The molecule has 1 amide bonds. The first-order chi connectivity index (χ1) is 18.9. The van der Waals surface area contributed by atoms with Gasteiger partial charge in [-0.25, -0.2) is 18.1 Å². The third-order valence-corrected chi connectivity index (χ3v) is 7.35. The highest BCUT2D eigenvalue weighted by atomic mass is 32.2. The van der Waals surface area contributed by atoms with Crippen LogP contribution in [0.25, 0.3) is 0 Å². The second-order valence-corrected chi connectivity index (χ2v) is 11.8. The molecular formula is C27H33F3N6O3S. The van der Waals surface area contributed by atoms with E-state index in [-0.39, 0.29) is 6.04 Å². The molecule has 1 atom stereocenters. The van der Waals surface area contributed by atoms with Crippen molar-refractivity contribution in [2.75, 3.05) is 30.6 Å². The highest BCUT2D eigenvalue weighted by molar-refractivity contribution is 7.92. The van der Waals surface area contributed by atoms with E-state index in [1.807, 2.05) is 35.0 Å². The third-order valence-electron chi connectivity index (χ3n) is 6.74. The van der Waals surface area contributed by atoms with E-state index < -0.39 is 34.6 Å². The molecule has 0 bridgehead atoms. The van der Waals surface area contributed by atoms with E-state index in [0.29, 0.717) is 30.9 Å². The summed E-state index contributed by atoms with van der Waals surface area (Å²) in [6, 6.07) is 15.8. The first-order valence-electron chi connectivity index (χ1n) is 13.0. The zero-order valence-corrected chi connectivity index (χ0v) is 23.0. The van der Waals surface area contributed by atoms with Crippen molar-refractivity contribution < 1.29 is 26.4 Å². The van der Waals surface area contributed by atoms with Gasteiger partial charge >= 0.3 is 6.18 Å². The Hall–Kier alpha value is -3.45. The summed E-state index contributed by atoms with van der Waals surface area (Å²) < 4.78 is 65.1. The third kappa shape index (κ3) is 9.33. The van der Waals surface area contributed by atoms with Crippen LogP contribution in [0.2, 0.25) is 0 Å². The van der Waals surface area contributed by atoms with Gasteiger partial charge in [-0.15, -0.1) is 0 Å². The van der Waals surface area contributed by atoms with Crippen molar-refractivity contribution in [3.05, 3.63) is 77.9 Å². The molecule has 0 radical (unpaired) electrons. The molecule has 2 heterocycles. The standard InChI is InChI=1S/C27H33F3N6O3S/c1-40(38,39)34-22-9-7-20(8-10-22)17-25-31-19-36(33-25)23-11-14-35(15-12-23)16-13-24(21-5-3-2-4-6-21)32-26(37)18-27(28,29)30/h2-10,19,23-24,34H,11-18H2,1H3,(H,32,37)/t24-/m0/s1. The number of hydrogen-bond acceptors (Lipinski definition) is 6. The number of likely N-dealkylation sites (tertiary alicyclic amines) is 1. The highest BCUT2D eigenvalue weighted by Gasteiger charge is 2.32. The van der Waals surface area contributed by atoms with Crippen LogP contribution in [0.1, 0.15) is 54.7 Å². The van der Waals surface area contributed by atoms with Crippen LogP contribution >= 0.6 is 0 Å². The van der Waals surface area contributed by atoms with Gasteiger partial charge in [0.2, 0.25) is 15.9 Å². The molecule has 40 heavy (non-hydrogen) atoms. The first kappa shape index (κ1) is 29.5. The number of benzene rings is 2. The van der Waals surface area contributed by atoms with Crippen molar-refractivity contribution in [2.24, 2.45) is 0 Å². The molecule has 0 saturated carbocycles. The maximum absolute atomic E-state index is 12.7. The van der Waals surface area contributed by atoms with E-state index in [4.69, 9.17) is 0 Å². The summed E-state index contributed by atoms with van der Waals surface area (Å²) in [6.07, 6.45) is -0.473. The normalized spacial score (nSPS) is 16.0. The van der Waals surface area contributed by atoms with Crippen LogP contribution in [0, 0.1) is 0 Å². The van der Waals surface area contributed by atoms with Gasteiger partial charge in [0, 0.05) is 31.7 Å². The zero-order valence-electron chi connectivity index (χ0n) is 22.1. The van der Waals surface area contributed by atoms with Crippen molar-refractivity contribution in [1.29, 1.82) is 0 Å². The smallest absolute Gasteiger partial charge is 0.349 e. The maximum atomic E-state index is 12.7. The fourth-order valence-electron chi connectivity index (χ4n) is 4.81. The van der Waals surface area contributed by atoms with Gasteiger partial charge in [-0.05, 0) is 42.5 Å². The summed E-state index contributed by atoms with van der Waals surface area (Å²) in [4.78, 5) is 18.7. The number of sulfonamides is 1. The highest BCUT2D eigenvalue weighted by Crippen LogP contribution is 2.25. The molecule has 1 saturated heterocycles. The molecule has 0 unspecified atom stereocenters. The van der Waals surface area contributed by atoms with E-state index in [2.05, 4.69) is 25.0 Å². The molecule has 216 valence electrons. The molecule has 9 nitrogen and oxygen atoms in total. The number of anilines is 1. The number of halogens is 3. The summed E-state index contributed by atoms with van der Waals surface area (Å²) in [6.45, 7) is 2.24. The van der Waals surface area contributed by atoms with Gasteiger partial charge < -0.3 is 10.2 Å². The molecule has 3 aromatic rings. The van der Waals surface area contributed by atoms with E-state index >= 15 is 0 Å². The summed E-state index contributed by atoms with van der Waals surface area (Å²) in [5.41, 5.74) is 2.24. The number of hydrogen-bond donors (Lipinski definition) is 2. The van der Waals surface area contributed by atoms with Gasteiger partial charge in [-0.3, -0.25) is 9.52 Å². The van der Waals surface area contributed by atoms with E-state index in [0.717, 1.165) is 43.3 Å². The first-order valence-corrected chi connectivity index (χ1v) is 14.9. The van der Waals surface area contributed by atoms with Crippen molar-refractivity contribution in [3.63, 3.8) is 0 Å². The van der Waals surface area contributed by atoms with Crippen molar-refractivity contribution in [2.45, 2.75) is 50.4 Å². The van der Waals surface area contributed by atoms with Gasteiger partial charge in [0.05, 0.1) is 18.3 Å². The number of carbonyl (C=O) groups is 1. The van der Waals surface area contributed by atoms with Crippen LogP contribution in [-0.4, -0.2) is 66.1 Å². The van der Waals surface area contributed by atoms with Crippen LogP contribution in [0.15, 0.2) is 60.9 Å². The van der Waals surface area contributed by atoms with Crippen molar-refractivity contribution in [3.8, 4) is 0 Å². The van der Waals surface area contributed by atoms with Crippen LogP contribution in [-0.2, 0) is 21.2 Å². The second-order valence-electron chi connectivity index (χ2n) is 10.1. The molecule has 0 aliphatic carbocycles. The Morgan fingerprint density at radius 2 is 1.75 bits per heavy atom. The number of rotatable bonds is 11. The van der Waals surface area contributed by atoms with Crippen molar-refractivity contribution in [1.82, 2.24) is 25.0 Å². The summed E-state index contributed by atoms with van der Waals surface area (Å²) >= 11 is 0. The minimum atomic E-state index is -4.55. The molecule has 4 rings (SSSR count).